The van der Waals surface area contributed by atoms with E-state index in [0.717, 1.165) is 6.08 Å². The van der Waals surface area contributed by atoms with Gasteiger partial charge in [-0.2, -0.15) is 13.2 Å². The van der Waals surface area contributed by atoms with Gasteiger partial charge < -0.3 is 14.6 Å². The van der Waals surface area contributed by atoms with Crippen molar-refractivity contribution >= 4 is 23.6 Å². The van der Waals surface area contributed by atoms with Gasteiger partial charge in [0.15, 0.2) is 0 Å². The zero-order chi connectivity index (χ0) is 15.1. The summed E-state index contributed by atoms with van der Waals surface area (Å²) in [5.74, 6) is 0.0111. The van der Waals surface area contributed by atoms with Crippen LogP contribution in [0.5, 0.6) is 5.75 Å². The van der Waals surface area contributed by atoms with E-state index in [-0.39, 0.29) is 51.5 Å². The minimum absolute atomic E-state index is 0. The van der Waals surface area contributed by atoms with Crippen LogP contribution in [0, 0.1) is 12.3 Å². The summed E-state index contributed by atoms with van der Waals surface area (Å²) in [6, 6.07) is 2.56. The third kappa shape index (κ3) is 3.55. The molecule has 0 aromatic heterocycles. The van der Waals surface area contributed by atoms with Gasteiger partial charge >= 0.3 is 35.7 Å². The van der Waals surface area contributed by atoms with E-state index in [4.69, 9.17) is 18.0 Å². The summed E-state index contributed by atoms with van der Waals surface area (Å²) in [6.07, 6.45) is -1.57. The number of alkyl halides is 3. The monoisotopic (exact) mass is 324 g/mol. The fourth-order valence-electron chi connectivity index (χ4n) is 1.76. The van der Waals surface area contributed by atoms with Crippen molar-refractivity contribution < 1.29 is 57.4 Å². The molecule has 1 atom stereocenters. The molecule has 1 aromatic rings. The van der Waals surface area contributed by atoms with Crippen molar-refractivity contribution in [2.24, 2.45) is 0 Å². The first-order chi connectivity index (χ1) is 9.24. The van der Waals surface area contributed by atoms with E-state index < -0.39 is 23.8 Å². The van der Waals surface area contributed by atoms with Crippen LogP contribution in [0.4, 0.5) is 13.2 Å². The number of aliphatic carboxylic acids is 1. The molecule has 21 heavy (non-hydrogen) atoms. The Hall–Kier alpha value is -1.13. The van der Waals surface area contributed by atoms with Crippen molar-refractivity contribution in [3.05, 3.63) is 33.9 Å². The van der Waals surface area contributed by atoms with Gasteiger partial charge in [0.1, 0.15) is 5.75 Å². The van der Waals surface area contributed by atoms with Gasteiger partial charge in [0.2, 0.25) is 6.10 Å². The summed E-state index contributed by atoms with van der Waals surface area (Å²) < 4.78 is 43.1. The molecule has 1 aliphatic heterocycles. The molecule has 2 rings (SSSR count). The van der Waals surface area contributed by atoms with E-state index >= 15 is 0 Å². The van der Waals surface area contributed by atoms with Crippen LogP contribution < -0.4 is 39.4 Å². The quantitative estimate of drug-likeness (QED) is 0.481. The van der Waals surface area contributed by atoms with Gasteiger partial charge in [-0.05, 0) is 18.2 Å². The van der Waals surface area contributed by atoms with Gasteiger partial charge in [-0.1, -0.05) is 17.5 Å². The number of hydrogen-bond donors (Lipinski definition) is 0. The number of terminal acetylenes is 1. The van der Waals surface area contributed by atoms with E-state index in [0.29, 0.717) is 0 Å². The topological polar surface area (TPSA) is 49.4 Å². The molecule has 104 valence electrons. The summed E-state index contributed by atoms with van der Waals surface area (Å²) in [4.78, 5) is 10.8. The third-order valence-electron chi connectivity index (χ3n) is 2.60. The van der Waals surface area contributed by atoms with E-state index in [1.165, 1.54) is 12.1 Å². The molecule has 0 spiro atoms. The number of carboxylic acid groups (broad SMARTS) is 1. The zero-order valence-corrected chi connectivity index (χ0v) is 13.4. The molecule has 0 fully saturated rings. The molecule has 0 saturated carbocycles. The van der Waals surface area contributed by atoms with Crippen LogP contribution in [-0.4, -0.2) is 18.2 Å². The standard InChI is InChI=1S/C13H6ClF3O3.Na/c1-2-6-3-7-5-8(12(18)19)11(13(15,16)17)20-10(7)9(14)4-6;/h1,3-5,11H,(H,18,19);/q;+1/p-1. The van der Waals surface area contributed by atoms with E-state index in [1.807, 2.05) is 0 Å². The van der Waals surface area contributed by atoms with Gasteiger partial charge in [-0.15, -0.1) is 6.42 Å². The normalized spacial score (nSPS) is 16.7. The number of hydrogen-bond acceptors (Lipinski definition) is 3. The Morgan fingerprint density at radius 2 is 2.05 bits per heavy atom. The van der Waals surface area contributed by atoms with Crippen molar-refractivity contribution in [1.29, 1.82) is 0 Å². The Labute approximate surface area is 145 Å². The number of rotatable bonds is 1. The summed E-state index contributed by atoms with van der Waals surface area (Å²) in [5.41, 5.74) is -0.683. The summed E-state index contributed by atoms with van der Waals surface area (Å²) >= 11 is 5.79. The molecular formula is C13H5ClF3NaO3. The van der Waals surface area contributed by atoms with Crippen LogP contribution in [0.3, 0.4) is 0 Å². The predicted molar refractivity (Wildman–Crippen MR) is 62.8 cm³/mol. The van der Waals surface area contributed by atoms with E-state index in [1.54, 1.807) is 0 Å². The molecule has 1 heterocycles. The first kappa shape index (κ1) is 17.9. The maximum atomic E-state index is 12.8. The van der Waals surface area contributed by atoms with Crippen molar-refractivity contribution in [2.75, 3.05) is 0 Å². The van der Waals surface area contributed by atoms with Crippen LogP contribution in [-0.2, 0) is 4.79 Å². The SMILES string of the molecule is C#Cc1cc(Cl)c2c(c1)C=C(C(=O)[O-])C(C(F)(F)F)O2.[Na+]. The Kier molecular flexibility index (Phi) is 5.40. The van der Waals surface area contributed by atoms with Crippen molar-refractivity contribution in [2.45, 2.75) is 12.3 Å². The molecule has 0 aliphatic carbocycles. The molecule has 1 aliphatic rings. The number of halogens is 4. The van der Waals surface area contributed by atoms with Gasteiger partial charge in [0, 0.05) is 16.7 Å². The molecule has 8 heteroatoms. The molecule has 1 unspecified atom stereocenters. The molecular weight excluding hydrogens is 320 g/mol. The third-order valence-corrected chi connectivity index (χ3v) is 2.88. The second kappa shape index (κ2) is 6.32. The largest absolute Gasteiger partial charge is 1.00 e. The molecule has 3 nitrogen and oxygen atoms in total. The van der Waals surface area contributed by atoms with Crippen molar-refractivity contribution in [3.8, 4) is 18.1 Å². The molecule has 1 aromatic carbocycles. The Morgan fingerprint density at radius 1 is 1.43 bits per heavy atom. The van der Waals surface area contributed by atoms with Crippen LogP contribution in [0.25, 0.3) is 6.08 Å². The average Bonchev–Trinajstić information content (AvgIpc) is 2.35. The number of benzene rings is 1. The number of fused-ring (bicyclic) bond motifs is 1. The van der Waals surface area contributed by atoms with E-state index in [2.05, 4.69) is 10.7 Å². The fourth-order valence-corrected chi connectivity index (χ4v) is 2.03. The van der Waals surface area contributed by atoms with Gasteiger partial charge in [0.25, 0.3) is 0 Å². The average molecular weight is 325 g/mol. The summed E-state index contributed by atoms with van der Waals surface area (Å²) in [5, 5.41) is 10.7. The second-order valence-corrected chi connectivity index (χ2v) is 4.35. The maximum Gasteiger partial charge on any atom is 1.00 e. The first-order valence-corrected chi connectivity index (χ1v) is 5.58. The van der Waals surface area contributed by atoms with Crippen LogP contribution in [0.15, 0.2) is 17.7 Å². The second-order valence-electron chi connectivity index (χ2n) is 3.95. The van der Waals surface area contributed by atoms with Crippen molar-refractivity contribution in [3.63, 3.8) is 0 Å². The number of carbonyl (C=O) groups excluding carboxylic acids is 1. The number of carbonyl (C=O) groups is 1. The molecule has 0 N–H and O–H groups in total. The van der Waals surface area contributed by atoms with Crippen LogP contribution in [0.2, 0.25) is 5.02 Å². The van der Waals surface area contributed by atoms with E-state index in [9.17, 15) is 23.1 Å². The van der Waals surface area contributed by atoms with Gasteiger partial charge in [-0.3, -0.25) is 0 Å². The Bertz CT molecular complexity index is 662. The fraction of sp³-hybridized carbons (Fsp3) is 0.154. The smallest absolute Gasteiger partial charge is 0.545 e. The molecule has 0 amide bonds. The molecule has 0 saturated heterocycles. The predicted octanol–water partition coefficient (Wildman–Crippen LogP) is -1.22. The number of carboxylic acids is 1. The minimum atomic E-state index is -4.91. The van der Waals surface area contributed by atoms with Crippen molar-refractivity contribution in [1.82, 2.24) is 0 Å². The van der Waals surface area contributed by atoms with Crippen LogP contribution >= 0.6 is 11.6 Å². The number of ether oxygens (including phenoxy) is 1. The summed E-state index contributed by atoms with van der Waals surface area (Å²) in [7, 11) is 0. The Morgan fingerprint density at radius 3 is 2.52 bits per heavy atom. The molecule has 0 bridgehead atoms. The van der Waals surface area contributed by atoms with Gasteiger partial charge in [-0.25, -0.2) is 0 Å². The summed E-state index contributed by atoms with van der Waals surface area (Å²) in [6.45, 7) is 0. The maximum absolute atomic E-state index is 12.8. The first-order valence-electron chi connectivity index (χ1n) is 5.20. The van der Waals surface area contributed by atoms with Crippen LogP contribution in [0.1, 0.15) is 11.1 Å². The molecule has 0 radical (unpaired) electrons. The van der Waals surface area contributed by atoms with Gasteiger partial charge in [0.05, 0.1) is 11.0 Å². The zero-order valence-electron chi connectivity index (χ0n) is 10.6. The Balaban J connectivity index is 0.00000220. The minimum Gasteiger partial charge on any atom is -0.545 e.